The van der Waals surface area contributed by atoms with E-state index in [0.717, 1.165) is 11.6 Å². The van der Waals surface area contributed by atoms with E-state index in [-0.39, 0.29) is 22.1 Å². The summed E-state index contributed by atoms with van der Waals surface area (Å²) in [4.78, 5) is 19.5. The van der Waals surface area contributed by atoms with Gasteiger partial charge in [0.05, 0.1) is 15.5 Å². The van der Waals surface area contributed by atoms with Crippen LogP contribution < -0.4 is 5.73 Å². The Morgan fingerprint density at radius 2 is 1.03 bits per heavy atom. The Hall–Kier alpha value is -2.98. The molecule has 0 unspecified atom stereocenters. The van der Waals surface area contributed by atoms with Crippen LogP contribution in [0.15, 0.2) is 36.4 Å². The number of phenols is 2. The van der Waals surface area contributed by atoms with Crippen molar-refractivity contribution in [3.05, 3.63) is 93.4 Å². The van der Waals surface area contributed by atoms with Gasteiger partial charge in [-0.05, 0) is 49.6 Å². The summed E-state index contributed by atoms with van der Waals surface area (Å²) in [5, 5.41) is 40.1. The minimum absolute atomic E-state index is 0.0376. The zero-order valence-electron chi connectivity index (χ0n) is 18.0. The predicted octanol–water partition coefficient (Wildman–Crippen LogP) is 7.41. The van der Waals surface area contributed by atoms with Crippen LogP contribution in [0.25, 0.3) is 0 Å². The number of hydrogen-bond acceptors (Lipinski definition) is 7. The molecule has 0 aliphatic carbocycles. The van der Waals surface area contributed by atoms with E-state index in [1.165, 1.54) is 24.3 Å². The zero-order valence-corrected chi connectivity index (χ0v) is 21.0. The van der Waals surface area contributed by atoms with Gasteiger partial charge in [-0.2, -0.15) is 0 Å². The number of anilines is 1. The quantitative estimate of drug-likeness (QED) is 0.130. The van der Waals surface area contributed by atoms with Crippen LogP contribution in [0.4, 0.5) is 17.1 Å². The fraction of sp³-hybridized carbons (Fsp3) is 0.143. The van der Waals surface area contributed by atoms with E-state index in [2.05, 4.69) is 0 Å². The number of nitrogens with zero attached hydrogens (tertiary/aromatic N) is 2. The smallest absolute Gasteiger partial charge is 0.311 e. The van der Waals surface area contributed by atoms with Crippen molar-refractivity contribution in [1.29, 1.82) is 0 Å². The van der Waals surface area contributed by atoms with Gasteiger partial charge in [0.25, 0.3) is 5.69 Å². The molecule has 0 atom stereocenters. The third-order valence-corrected chi connectivity index (χ3v) is 5.71. The van der Waals surface area contributed by atoms with E-state index in [9.17, 15) is 20.2 Å². The third kappa shape index (κ3) is 8.11. The molecule has 13 heteroatoms. The molecule has 182 valence electrons. The van der Waals surface area contributed by atoms with Gasteiger partial charge in [-0.25, -0.2) is 0 Å². The van der Waals surface area contributed by atoms with Crippen molar-refractivity contribution < 1.29 is 20.1 Å². The Morgan fingerprint density at radius 1 is 0.647 bits per heavy atom. The van der Waals surface area contributed by atoms with E-state index in [1.54, 1.807) is 19.9 Å². The third-order valence-electron chi connectivity index (χ3n) is 4.19. The van der Waals surface area contributed by atoms with Gasteiger partial charge in [-0.1, -0.05) is 46.4 Å². The van der Waals surface area contributed by atoms with Gasteiger partial charge in [0.15, 0.2) is 5.75 Å². The number of benzene rings is 3. The molecule has 0 aliphatic heterocycles. The van der Waals surface area contributed by atoms with Gasteiger partial charge in [-0.15, -0.1) is 0 Å². The van der Waals surface area contributed by atoms with E-state index >= 15 is 0 Å². The van der Waals surface area contributed by atoms with Gasteiger partial charge < -0.3 is 15.9 Å². The Kier molecular flexibility index (Phi) is 10.7. The molecule has 0 bridgehead atoms. The first-order valence-electron chi connectivity index (χ1n) is 9.13. The molecule has 34 heavy (non-hydrogen) atoms. The number of nitro groups is 2. The van der Waals surface area contributed by atoms with Crippen molar-refractivity contribution in [2.45, 2.75) is 20.8 Å². The highest BCUT2D eigenvalue weighted by molar-refractivity contribution is 6.36. The molecule has 0 amide bonds. The molecule has 0 aromatic heterocycles. The highest BCUT2D eigenvalue weighted by atomic mass is 35.5. The van der Waals surface area contributed by atoms with Gasteiger partial charge >= 0.3 is 5.69 Å². The highest BCUT2D eigenvalue weighted by Crippen LogP contribution is 2.31. The number of halogens is 4. The average Bonchev–Trinajstić information content (AvgIpc) is 2.72. The summed E-state index contributed by atoms with van der Waals surface area (Å²) >= 11 is 22.5. The summed E-state index contributed by atoms with van der Waals surface area (Å²) in [6.07, 6.45) is 0. The summed E-state index contributed by atoms with van der Waals surface area (Å²) in [6.45, 7) is 5.15. The molecule has 0 heterocycles. The maximum absolute atomic E-state index is 10.4. The highest BCUT2D eigenvalue weighted by Gasteiger charge is 2.15. The first kappa shape index (κ1) is 29.1. The first-order valence-corrected chi connectivity index (χ1v) is 10.6. The zero-order chi connectivity index (χ0) is 26.3. The van der Waals surface area contributed by atoms with Crippen LogP contribution in [0.2, 0.25) is 20.1 Å². The van der Waals surface area contributed by atoms with E-state index in [4.69, 9.17) is 62.4 Å². The predicted molar refractivity (Wildman–Crippen MR) is 135 cm³/mol. The van der Waals surface area contributed by atoms with Crippen LogP contribution >= 0.6 is 46.4 Å². The summed E-state index contributed by atoms with van der Waals surface area (Å²) in [6, 6.07) is 8.19. The summed E-state index contributed by atoms with van der Waals surface area (Å²) in [5.41, 5.74) is 7.40. The molecule has 0 saturated heterocycles. The van der Waals surface area contributed by atoms with Crippen LogP contribution in [0, 0.1) is 41.0 Å². The second-order valence-corrected chi connectivity index (χ2v) is 8.45. The molecule has 0 saturated carbocycles. The Morgan fingerprint density at radius 3 is 1.47 bits per heavy atom. The topological polar surface area (TPSA) is 153 Å². The number of aryl methyl sites for hydroxylation is 3. The largest absolute Gasteiger partial charge is 0.506 e. The Bertz CT molecular complexity index is 1120. The fourth-order valence-corrected chi connectivity index (χ4v) is 3.05. The normalized spacial score (nSPS) is 9.85. The number of hydrogen-bond donors (Lipinski definition) is 3. The summed E-state index contributed by atoms with van der Waals surface area (Å²) < 4.78 is 0. The molecule has 0 aliphatic rings. The van der Waals surface area contributed by atoms with Crippen LogP contribution in [0.1, 0.15) is 16.7 Å². The lowest BCUT2D eigenvalue weighted by Crippen LogP contribution is -1.90. The van der Waals surface area contributed by atoms with Crippen LogP contribution in [0.3, 0.4) is 0 Å². The molecule has 3 aromatic rings. The van der Waals surface area contributed by atoms with Gasteiger partial charge in [0, 0.05) is 39.3 Å². The van der Waals surface area contributed by atoms with E-state index < -0.39 is 15.6 Å². The van der Waals surface area contributed by atoms with Crippen LogP contribution in [-0.4, -0.2) is 20.1 Å². The SMILES string of the molecule is Cc1cc(N)c(O)cc1Cl.Cc1cc([N+](=O)[O-])c(Cl)cc1Cl.Cc1cc([N+](=O)[O-])c(O)cc1Cl. The molecule has 0 radical (unpaired) electrons. The lowest BCUT2D eigenvalue weighted by molar-refractivity contribution is -0.385. The molecular formula is C21H19Cl4N3O6. The number of rotatable bonds is 2. The van der Waals surface area contributed by atoms with Crippen molar-refractivity contribution in [3.63, 3.8) is 0 Å². The second kappa shape index (κ2) is 12.5. The number of nitrogens with two attached hydrogens (primary N) is 1. The Balaban J connectivity index is 0.000000256. The van der Waals surface area contributed by atoms with Crippen LogP contribution in [-0.2, 0) is 0 Å². The first-order chi connectivity index (χ1) is 15.6. The lowest BCUT2D eigenvalue weighted by Gasteiger charge is -2.01. The minimum Gasteiger partial charge on any atom is -0.506 e. The van der Waals surface area contributed by atoms with Crippen molar-refractivity contribution in [2.75, 3.05) is 5.73 Å². The molecular weight excluding hydrogens is 532 g/mol. The number of nitro benzene ring substituents is 2. The summed E-state index contributed by atoms with van der Waals surface area (Å²) in [5.74, 6) is -0.369. The van der Waals surface area contributed by atoms with E-state index in [0.29, 0.717) is 31.9 Å². The molecule has 3 rings (SSSR count). The maximum atomic E-state index is 10.4. The molecule has 9 nitrogen and oxygen atoms in total. The standard InChI is InChI=1S/C7H5Cl2NO2.C7H6ClNO3.C7H8ClNO/c1-4-2-7(10(11)12)6(9)3-5(4)8;1-4-2-6(9(11)12)7(10)3-5(4)8;1-4-2-6(9)7(10)3-5(4)8/h2-3H,1H3;2-3,10H,1H3;2-3,10H,9H2,1H3. The number of nitrogen functional groups attached to an aromatic ring is 1. The Labute approximate surface area is 214 Å². The average molecular weight is 551 g/mol. The second-order valence-electron chi connectivity index (χ2n) is 6.82. The van der Waals surface area contributed by atoms with Crippen molar-refractivity contribution in [1.82, 2.24) is 0 Å². The van der Waals surface area contributed by atoms with Crippen molar-refractivity contribution in [2.24, 2.45) is 0 Å². The van der Waals surface area contributed by atoms with Crippen LogP contribution in [0.5, 0.6) is 11.5 Å². The molecule has 3 aromatic carbocycles. The molecule has 0 spiro atoms. The van der Waals surface area contributed by atoms with E-state index in [1.807, 2.05) is 6.92 Å². The summed E-state index contributed by atoms with van der Waals surface area (Å²) in [7, 11) is 0. The lowest BCUT2D eigenvalue weighted by atomic mass is 10.2. The van der Waals surface area contributed by atoms with Crippen molar-refractivity contribution in [3.8, 4) is 11.5 Å². The maximum Gasteiger partial charge on any atom is 0.311 e. The van der Waals surface area contributed by atoms with Gasteiger partial charge in [0.1, 0.15) is 10.8 Å². The number of phenolic OH excluding ortho intramolecular Hbond substituents is 2. The van der Waals surface area contributed by atoms with Gasteiger partial charge in [0.2, 0.25) is 0 Å². The monoisotopic (exact) mass is 549 g/mol. The van der Waals surface area contributed by atoms with Crippen molar-refractivity contribution >= 4 is 63.5 Å². The minimum atomic E-state index is -0.654. The number of aromatic hydroxyl groups is 2. The molecule has 0 fully saturated rings. The molecule has 4 N–H and O–H groups in total. The van der Waals surface area contributed by atoms with Gasteiger partial charge in [-0.3, -0.25) is 20.2 Å². The fourth-order valence-electron chi connectivity index (χ4n) is 2.28.